The zero-order valence-corrected chi connectivity index (χ0v) is 18.6. The molecule has 0 aromatic heterocycles. The summed E-state index contributed by atoms with van der Waals surface area (Å²) in [5.74, 6) is -2.15. The molecule has 0 bridgehead atoms. The number of rotatable bonds is 4. The summed E-state index contributed by atoms with van der Waals surface area (Å²) < 4.78 is 57.0. The van der Waals surface area contributed by atoms with Gasteiger partial charge in [-0.05, 0) is 48.4 Å². The number of benzene rings is 2. The largest absolute Gasteiger partial charge is 0.484 e. The van der Waals surface area contributed by atoms with Gasteiger partial charge in [-0.25, -0.2) is 17.2 Å². The van der Waals surface area contributed by atoms with Crippen molar-refractivity contribution in [2.75, 3.05) is 19.3 Å². The Morgan fingerprint density at radius 2 is 1.73 bits per heavy atom. The first-order chi connectivity index (χ1) is 14.0. The molecule has 4 nitrogen and oxygen atoms in total. The van der Waals surface area contributed by atoms with E-state index in [1.807, 2.05) is 4.90 Å². The highest BCUT2D eigenvalue weighted by molar-refractivity contribution is 7.90. The maximum absolute atomic E-state index is 13.7. The highest BCUT2D eigenvalue weighted by Crippen LogP contribution is 2.44. The number of sulfone groups is 1. The Balaban J connectivity index is 1.65. The second-order valence-corrected chi connectivity index (χ2v) is 10.8. The molecule has 1 fully saturated rings. The fourth-order valence-electron chi connectivity index (χ4n) is 4.17. The van der Waals surface area contributed by atoms with Crippen molar-refractivity contribution in [1.29, 1.82) is 0 Å². The number of nitrogens with zero attached hydrogens (tertiary/aromatic N) is 1. The molecule has 2 aromatic rings. The van der Waals surface area contributed by atoms with Gasteiger partial charge >= 0.3 is 0 Å². The first-order valence-electron chi connectivity index (χ1n) is 9.60. The Morgan fingerprint density at radius 1 is 1.10 bits per heavy atom. The van der Waals surface area contributed by atoms with Crippen molar-refractivity contribution in [2.45, 2.75) is 42.2 Å². The first-order valence-corrected chi connectivity index (χ1v) is 12.2. The molecule has 2 aromatic carbocycles. The van der Waals surface area contributed by atoms with E-state index in [-0.39, 0.29) is 36.9 Å². The molecule has 9 heteroatoms. The normalized spacial score (nSPS) is 23.9. The Bertz CT molecular complexity index is 1050. The second-order valence-electron chi connectivity index (χ2n) is 7.90. The van der Waals surface area contributed by atoms with E-state index >= 15 is 0 Å². The summed E-state index contributed by atoms with van der Waals surface area (Å²) in [5.41, 5.74) is 1.74. The van der Waals surface area contributed by atoms with Gasteiger partial charge < -0.3 is 4.74 Å². The van der Waals surface area contributed by atoms with Gasteiger partial charge in [0.05, 0.1) is 10.9 Å². The van der Waals surface area contributed by atoms with Gasteiger partial charge in [0.15, 0.2) is 9.84 Å². The van der Waals surface area contributed by atoms with Crippen LogP contribution in [0.15, 0.2) is 41.3 Å². The molecule has 1 aliphatic carbocycles. The summed E-state index contributed by atoms with van der Waals surface area (Å²) in [7, 11) is -3.32. The average molecular weight is 476 g/mol. The molecule has 1 aliphatic heterocycles. The lowest BCUT2D eigenvalue weighted by molar-refractivity contribution is -0.0713. The minimum atomic E-state index is -3.32. The van der Waals surface area contributed by atoms with E-state index < -0.39 is 21.9 Å². The molecule has 0 spiro atoms. The molecule has 0 unspecified atom stereocenters. The van der Waals surface area contributed by atoms with Gasteiger partial charge in [-0.2, -0.15) is 0 Å². The Labute approximate surface area is 184 Å². The van der Waals surface area contributed by atoms with Gasteiger partial charge in [-0.1, -0.05) is 23.2 Å². The third kappa shape index (κ3) is 4.44. The quantitative estimate of drug-likeness (QED) is 0.611. The summed E-state index contributed by atoms with van der Waals surface area (Å²) >= 11 is 12.6. The molecule has 2 atom stereocenters. The van der Waals surface area contributed by atoms with E-state index in [0.29, 0.717) is 22.2 Å². The highest BCUT2D eigenvalue weighted by atomic mass is 35.5. The zero-order valence-electron chi connectivity index (χ0n) is 16.2. The molecule has 0 radical (unpaired) electrons. The van der Waals surface area contributed by atoms with Crippen LogP contribution >= 0.6 is 23.2 Å². The van der Waals surface area contributed by atoms with E-state index in [2.05, 4.69) is 0 Å². The second kappa shape index (κ2) is 7.93. The van der Waals surface area contributed by atoms with E-state index in [4.69, 9.17) is 27.9 Å². The van der Waals surface area contributed by atoms with Crippen LogP contribution in [0.25, 0.3) is 0 Å². The summed E-state index contributed by atoms with van der Waals surface area (Å²) in [6.45, 7) is 0.535. The van der Waals surface area contributed by atoms with E-state index in [1.165, 1.54) is 12.1 Å². The van der Waals surface area contributed by atoms with Crippen LogP contribution in [0, 0.1) is 0 Å². The van der Waals surface area contributed by atoms with E-state index in [9.17, 15) is 17.2 Å². The molecule has 1 heterocycles. The topological polar surface area (TPSA) is 46.6 Å². The van der Waals surface area contributed by atoms with Crippen molar-refractivity contribution in [2.24, 2.45) is 0 Å². The van der Waals surface area contributed by atoms with Gasteiger partial charge in [0.1, 0.15) is 11.9 Å². The SMILES string of the molecule is CS(=O)(=O)c1ccc(O[C@@H]2c3cc(Cl)cc(Cl)c3C[C@@H]2N2CCC(F)(F)CC2)cc1. The number of halogens is 4. The summed E-state index contributed by atoms with van der Waals surface area (Å²) in [6.07, 6.45) is 0.881. The van der Waals surface area contributed by atoms with Crippen molar-refractivity contribution >= 4 is 33.0 Å². The monoisotopic (exact) mass is 475 g/mol. The van der Waals surface area contributed by atoms with Crippen LogP contribution < -0.4 is 4.74 Å². The third-order valence-electron chi connectivity index (χ3n) is 5.78. The number of alkyl halides is 2. The average Bonchev–Trinajstić information content (AvgIpc) is 3.00. The standard InChI is InChI=1S/C21H21Cl2F2NO3S/c1-30(27,28)15-4-2-14(3-5-15)29-20-17-10-13(22)11-18(23)16(17)12-19(20)26-8-6-21(24,25)7-9-26/h2-5,10-11,19-20H,6-9,12H2,1H3/t19-,20+/m0/s1. The predicted octanol–water partition coefficient (Wildman–Crippen LogP) is 5.17. The number of likely N-dealkylation sites (tertiary alicyclic amines) is 1. The van der Waals surface area contributed by atoms with E-state index in [0.717, 1.165) is 17.4 Å². The smallest absolute Gasteiger partial charge is 0.250 e. The molecule has 0 amide bonds. The molecule has 0 saturated carbocycles. The molecular formula is C21H21Cl2F2NO3S. The van der Waals surface area contributed by atoms with Crippen LogP contribution in [0.4, 0.5) is 8.78 Å². The fraction of sp³-hybridized carbons (Fsp3) is 0.429. The van der Waals surface area contributed by atoms with E-state index in [1.54, 1.807) is 24.3 Å². The lowest BCUT2D eigenvalue weighted by atomic mass is 10.0. The van der Waals surface area contributed by atoms with Crippen molar-refractivity contribution in [1.82, 2.24) is 4.90 Å². The number of piperidine rings is 1. The zero-order chi connectivity index (χ0) is 21.7. The minimum Gasteiger partial charge on any atom is -0.484 e. The Kier molecular flexibility index (Phi) is 5.77. The maximum atomic E-state index is 13.7. The fourth-order valence-corrected chi connectivity index (χ4v) is 5.39. The number of hydrogen-bond acceptors (Lipinski definition) is 4. The van der Waals surface area contributed by atoms with Gasteiger partial charge in [0, 0.05) is 47.8 Å². The van der Waals surface area contributed by atoms with Crippen LogP contribution in [0.2, 0.25) is 10.0 Å². The van der Waals surface area contributed by atoms with Crippen molar-refractivity contribution in [3.63, 3.8) is 0 Å². The summed E-state index contributed by atoms with van der Waals surface area (Å²) in [6, 6.07) is 9.48. The molecule has 4 rings (SSSR count). The molecule has 30 heavy (non-hydrogen) atoms. The number of fused-ring (bicyclic) bond motifs is 1. The Morgan fingerprint density at radius 3 is 2.33 bits per heavy atom. The minimum absolute atomic E-state index is 0.165. The summed E-state index contributed by atoms with van der Waals surface area (Å²) in [5, 5.41) is 1.01. The number of hydrogen-bond donors (Lipinski definition) is 0. The molecule has 162 valence electrons. The van der Waals surface area contributed by atoms with Crippen LogP contribution in [0.1, 0.15) is 30.1 Å². The van der Waals surface area contributed by atoms with Gasteiger partial charge in [0.25, 0.3) is 5.92 Å². The number of ether oxygens (including phenoxy) is 1. The third-order valence-corrected chi connectivity index (χ3v) is 7.46. The predicted molar refractivity (Wildman–Crippen MR) is 113 cm³/mol. The summed E-state index contributed by atoms with van der Waals surface area (Å²) in [4.78, 5) is 2.22. The van der Waals surface area contributed by atoms with Gasteiger partial charge in [-0.15, -0.1) is 0 Å². The Hall–Kier alpha value is -1.41. The molecule has 2 aliphatic rings. The maximum Gasteiger partial charge on any atom is 0.250 e. The molecule has 0 N–H and O–H groups in total. The molecule has 1 saturated heterocycles. The van der Waals surface area contributed by atoms with Crippen LogP contribution in [0.5, 0.6) is 5.75 Å². The lowest BCUT2D eigenvalue weighted by Crippen LogP contribution is -2.47. The lowest BCUT2D eigenvalue weighted by Gasteiger charge is -2.38. The highest BCUT2D eigenvalue weighted by Gasteiger charge is 2.43. The van der Waals surface area contributed by atoms with Crippen LogP contribution in [0.3, 0.4) is 0 Å². The molecular weight excluding hydrogens is 455 g/mol. The van der Waals surface area contributed by atoms with Crippen molar-refractivity contribution in [3.05, 3.63) is 57.6 Å². The van der Waals surface area contributed by atoms with Gasteiger partial charge in [0.2, 0.25) is 0 Å². The van der Waals surface area contributed by atoms with Crippen molar-refractivity contribution < 1.29 is 21.9 Å². The van der Waals surface area contributed by atoms with Crippen LogP contribution in [-0.4, -0.2) is 44.6 Å². The van der Waals surface area contributed by atoms with Crippen molar-refractivity contribution in [3.8, 4) is 5.75 Å². The van der Waals surface area contributed by atoms with Gasteiger partial charge in [-0.3, -0.25) is 4.90 Å². The first kappa shape index (κ1) is 21.8. The van der Waals surface area contributed by atoms with Crippen LogP contribution in [-0.2, 0) is 16.3 Å².